The van der Waals surface area contributed by atoms with Gasteiger partial charge in [0.15, 0.2) is 5.82 Å². The molecule has 2 aromatic rings. The summed E-state index contributed by atoms with van der Waals surface area (Å²) in [7, 11) is -3.86. The van der Waals surface area contributed by atoms with Gasteiger partial charge in [-0.25, -0.2) is 13.1 Å². The fraction of sp³-hybridized carbons (Fsp3) is 0.500. The molecular formula is C10H15N5O4S. The van der Waals surface area contributed by atoms with Gasteiger partial charge in [-0.05, 0) is 20.8 Å². The zero-order valence-corrected chi connectivity index (χ0v) is 12.0. The monoisotopic (exact) mass is 301 g/mol. The number of rotatable bonds is 5. The van der Waals surface area contributed by atoms with Gasteiger partial charge < -0.3 is 9.52 Å². The van der Waals surface area contributed by atoms with Crippen LogP contribution in [-0.2, 0) is 16.6 Å². The van der Waals surface area contributed by atoms with Gasteiger partial charge in [0.25, 0.3) is 0 Å². The van der Waals surface area contributed by atoms with E-state index >= 15 is 0 Å². The molecule has 0 saturated heterocycles. The molecule has 2 rings (SSSR count). The van der Waals surface area contributed by atoms with Crippen molar-refractivity contribution in [3.8, 4) is 0 Å². The molecule has 0 saturated carbocycles. The van der Waals surface area contributed by atoms with E-state index in [4.69, 9.17) is 4.42 Å². The predicted octanol–water partition coefficient (Wildman–Crippen LogP) is -0.0587. The minimum Gasteiger partial charge on any atom is -0.465 e. The summed E-state index contributed by atoms with van der Waals surface area (Å²) in [5.41, 5.74) is 0.246. The number of aromatic nitrogens is 4. The van der Waals surface area contributed by atoms with Gasteiger partial charge in [-0.3, -0.25) is 0 Å². The Balaban J connectivity index is 2.36. The number of aliphatic hydroxyl groups excluding tert-OH is 1. The number of tetrazole rings is 1. The van der Waals surface area contributed by atoms with E-state index in [1.165, 1.54) is 6.92 Å². The molecule has 0 radical (unpaired) electrons. The van der Waals surface area contributed by atoms with Gasteiger partial charge in [-0.2, -0.15) is 5.21 Å². The van der Waals surface area contributed by atoms with Crippen LogP contribution in [-0.4, -0.2) is 34.1 Å². The van der Waals surface area contributed by atoms with Gasteiger partial charge >= 0.3 is 0 Å². The Morgan fingerprint density at radius 3 is 2.65 bits per heavy atom. The van der Waals surface area contributed by atoms with E-state index in [1.54, 1.807) is 13.8 Å². The average Bonchev–Trinajstić information content (AvgIpc) is 2.95. The standard InChI is InChI=1S/C10H15N5O4S/c1-5(10-11-14-15-12-10)13-20(17,18)9-7(3)19-6(2)8(9)4-16/h5,13,16H,4H2,1-3H3,(H,11,12,14,15). The van der Waals surface area contributed by atoms with Crippen molar-refractivity contribution in [3.63, 3.8) is 0 Å². The molecule has 9 nitrogen and oxygen atoms in total. The topological polar surface area (TPSA) is 134 Å². The Hall–Kier alpha value is -1.78. The predicted molar refractivity (Wildman–Crippen MR) is 67.0 cm³/mol. The molecule has 0 aliphatic rings. The van der Waals surface area contributed by atoms with Crippen LogP contribution in [0.25, 0.3) is 0 Å². The maximum absolute atomic E-state index is 12.4. The van der Waals surface area contributed by atoms with Crippen LogP contribution in [0.5, 0.6) is 0 Å². The molecule has 3 N–H and O–H groups in total. The van der Waals surface area contributed by atoms with Crippen LogP contribution in [0.1, 0.15) is 35.9 Å². The van der Waals surface area contributed by atoms with E-state index in [-0.39, 0.29) is 22.0 Å². The van der Waals surface area contributed by atoms with Crippen molar-refractivity contribution in [2.45, 2.75) is 38.3 Å². The van der Waals surface area contributed by atoms with Gasteiger partial charge in [0, 0.05) is 5.56 Å². The van der Waals surface area contributed by atoms with Crippen molar-refractivity contribution in [1.29, 1.82) is 0 Å². The summed E-state index contributed by atoms with van der Waals surface area (Å²) >= 11 is 0. The molecule has 0 aliphatic carbocycles. The molecular weight excluding hydrogens is 286 g/mol. The Morgan fingerprint density at radius 1 is 1.40 bits per heavy atom. The molecule has 2 heterocycles. The van der Waals surface area contributed by atoms with Crippen LogP contribution < -0.4 is 4.72 Å². The summed E-state index contributed by atoms with van der Waals surface area (Å²) in [4.78, 5) is -0.0483. The molecule has 2 aromatic heterocycles. The number of hydrogen-bond donors (Lipinski definition) is 3. The van der Waals surface area contributed by atoms with E-state index in [1.807, 2.05) is 0 Å². The second kappa shape index (κ2) is 5.31. The van der Waals surface area contributed by atoms with Crippen LogP contribution in [0.2, 0.25) is 0 Å². The molecule has 1 unspecified atom stereocenters. The van der Waals surface area contributed by atoms with Crippen LogP contribution in [0.3, 0.4) is 0 Å². The maximum Gasteiger partial charge on any atom is 0.245 e. The summed E-state index contributed by atoms with van der Waals surface area (Å²) in [5.74, 6) is 0.814. The number of H-pyrrole nitrogens is 1. The third-order valence-electron chi connectivity index (χ3n) is 2.83. The molecule has 0 aromatic carbocycles. The molecule has 110 valence electrons. The first-order valence-electron chi connectivity index (χ1n) is 5.82. The highest BCUT2D eigenvalue weighted by Gasteiger charge is 2.29. The Morgan fingerprint density at radius 2 is 2.10 bits per heavy atom. The van der Waals surface area contributed by atoms with Crippen molar-refractivity contribution in [2.24, 2.45) is 0 Å². The lowest BCUT2D eigenvalue weighted by Crippen LogP contribution is -2.28. The number of nitrogens with one attached hydrogen (secondary N) is 2. The third-order valence-corrected chi connectivity index (χ3v) is 4.57. The number of furan rings is 1. The summed E-state index contributed by atoms with van der Waals surface area (Å²) in [6, 6.07) is -0.667. The summed E-state index contributed by atoms with van der Waals surface area (Å²) in [6.45, 7) is 4.29. The first kappa shape index (κ1) is 14.6. The van der Waals surface area contributed by atoms with Gasteiger partial charge in [0.1, 0.15) is 16.4 Å². The van der Waals surface area contributed by atoms with Gasteiger partial charge in [0.2, 0.25) is 10.0 Å². The van der Waals surface area contributed by atoms with Crippen molar-refractivity contribution in [2.75, 3.05) is 0 Å². The van der Waals surface area contributed by atoms with Crippen molar-refractivity contribution < 1.29 is 17.9 Å². The zero-order chi connectivity index (χ0) is 14.9. The molecule has 10 heteroatoms. The number of aromatic amines is 1. The summed E-state index contributed by atoms with van der Waals surface area (Å²) in [5, 5.41) is 22.4. The Kier molecular flexibility index (Phi) is 3.88. The van der Waals surface area contributed by atoms with Crippen LogP contribution >= 0.6 is 0 Å². The third kappa shape index (κ3) is 2.57. The van der Waals surface area contributed by atoms with Gasteiger partial charge in [-0.1, -0.05) is 5.21 Å². The van der Waals surface area contributed by atoms with Crippen molar-refractivity contribution in [3.05, 3.63) is 22.9 Å². The summed E-state index contributed by atoms with van der Waals surface area (Å²) in [6.07, 6.45) is 0. The molecule has 0 spiro atoms. The fourth-order valence-corrected chi connectivity index (χ4v) is 3.58. The Labute approximate surface area is 115 Å². The minimum atomic E-state index is -3.86. The van der Waals surface area contributed by atoms with E-state index in [9.17, 15) is 13.5 Å². The van der Waals surface area contributed by atoms with Crippen LogP contribution in [0.4, 0.5) is 0 Å². The number of aliphatic hydroxyl groups is 1. The van der Waals surface area contributed by atoms with Gasteiger partial charge in [0.05, 0.1) is 12.6 Å². The molecule has 20 heavy (non-hydrogen) atoms. The van der Waals surface area contributed by atoms with E-state index in [0.717, 1.165) is 0 Å². The van der Waals surface area contributed by atoms with Gasteiger partial charge in [-0.15, -0.1) is 10.2 Å². The lowest BCUT2D eigenvalue weighted by Gasteiger charge is -2.11. The molecule has 1 atom stereocenters. The SMILES string of the molecule is Cc1oc(C)c(S(=O)(=O)NC(C)c2nn[nH]n2)c1CO. The van der Waals surface area contributed by atoms with Crippen molar-refractivity contribution in [1.82, 2.24) is 25.3 Å². The van der Waals surface area contributed by atoms with Crippen LogP contribution in [0, 0.1) is 13.8 Å². The van der Waals surface area contributed by atoms with Crippen molar-refractivity contribution >= 4 is 10.0 Å². The quantitative estimate of drug-likeness (QED) is 0.704. The van der Waals surface area contributed by atoms with Crippen LogP contribution in [0.15, 0.2) is 9.31 Å². The first-order valence-corrected chi connectivity index (χ1v) is 7.30. The maximum atomic E-state index is 12.4. The highest BCUT2D eigenvalue weighted by Crippen LogP contribution is 2.27. The second-order valence-corrected chi connectivity index (χ2v) is 5.94. The largest absolute Gasteiger partial charge is 0.465 e. The number of nitrogens with zero attached hydrogens (tertiary/aromatic N) is 3. The Bertz CT molecular complexity index is 692. The lowest BCUT2D eigenvalue weighted by atomic mass is 10.2. The van der Waals surface area contributed by atoms with E-state index in [2.05, 4.69) is 25.3 Å². The zero-order valence-electron chi connectivity index (χ0n) is 11.2. The minimum absolute atomic E-state index is 0.0483. The normalized spacial score (nSPS) is 13.6. The molecule has 0 fully saturated rings. The average molecular weight is 301 g/mol. The lowest BCUT2D eigenvalue weighted by molar-refractivity contribution is 0.276. The number of sulfonamides is 1. The molecule has 0 bridgehead atoms. The highest BCUT2D eigenvalue weighted by atomic mass is 32.2. The number of aryl methyl sites for hydroxylation is 2. The first-order chi connectivity index (χ1) is 9.36. The smallest absolute Gasteiger partial charge is 0.245 e. The summed E-state index contributed by atoms with van der Waals surface area (Å²) < 4.78 is 32.5. The number of hydrogen-bond acceptors (Lipinski definition) is 7. The molecule has 0 amide bonds. The molecule has 0 aliphatic heterocycles. The fourth-order valence-electron chi connectivity index (χ4n) is 1.94. The van der Waals surface area contributed by atoms with E-state index < -0.39 is 22.7 Å². The second-order valence-electron chi connectivity index (χ2n) is 4.29. The van der Waals surface area contributed by atoms with E-state index in [0.29, 0.717) is 5.76 Å². The highest BCUT2D eigenvalue weighted by molar-refractivity contribution is 7.89.